The van der Waals surface area contributed by atoms with Crippen LogP contribution >= 0.6 is 0 Å². The number of unbranched alkanes of at least 4 members (excludes halogenated alkanes) is 22. The van der Waals surface area contributed by atoms with Crippen LogP contribution in [0.3, 0.4) is 0 Å². The number of hydrogen-bond acceptors (Lipinski definition) is 6. The van der Waals surface area contributed by atoms with Crippen LogP contribution in [0.25, 0.3) is 0 Å². The van der Waals surface area contributed by atoms with Crippen molar-refractivity contribution in [1.82, 2.24) is 0 Å². The zero-order chi connectivity index (χ0) is 29.7. The van der Waals surface area contributed by atoms with Gasteiger partial charge in [-0.15, -0.1) is 0 Å². The molecule has 0 amide bonds. The quantitative estimate of drug-likeness (QED) is 0.0529. The molecule has 0 fully saturated rings. The fraction of sp³-hybridized carbons (Fsp3) is 1.00. The predicted octanol–water partition coefficient (Wildman–Crippen LogP) is 7.60. The number of rotatable bonds is 32. The van der Waals surface area contributed by atoms with Gasteiger partial charge in [0, 0.05) is 6.61 Å². The van der Waals surface area contributed by atoms with Crippen molar-refractivity contribution >= 4 is 0 Å². The first-order valence-electron chi connectivity index (χ1n) is 17.4. The lowest BCUT2D eigenvalue weighted by Gasteiger charge is -2.41. The van der Waals surface area contributed by atoms with Gasteiger partial charge < -0.3 is 30.3 Å². The summed E-state index contributed by atoms with van der Waals surface area (Å²) in [7, 11) is 0. The zero-order valence-corrected chi connectivity index (χ0v) is 26.7. The molecule has 0 rings (SSSR count). The SMILES string of the molecule is CCCCCCCCCCCCCCO[C@H]([C@H](O)CO)[C@@](O)(CCCCCCCCCCCCCC)[C@H](O)CO. The summed E-state index contributed by atoms with van der Waals surface area (Å²) in [5, 5.41) is 51.6. The largest absolute Gasteiger partial charge is 0.394 e. The third-order valence-electron chi connectivity index (χ3n) is 8.51. The summed E-state index contributed by atoms with van der Waals surface area (Å²) >= 11 is 0. The molecule has 0 aliphatic heterocycles. The van der Waals surface area contributed by atoms with Crippen LogP contribution in [0.4, 0.5) is 0 Å². The summed E-state index contributed by atoms with van der Waals surface area (Å²) in [6, 6.07) is 0. The molecule has 0 aromatic rings. The van der Waals surface area contributed by atoms with Crippen molar-refractivity contribution < 1.29 is 30.3 Å². The smallest absolute Gasteiger partial charge is 0.121 e. The van der Waals surface area contributed by atoms with Gasteiger partial charge in [-0.05, 0) is 12.8 Å². The summed E-state index contributed by atoms with van der Waals surface area (Å²) in [5.74, 6) is 0. The molecule has 0 spiro atoms. The number of aliphatic hydroxyl groups excluding tert-OH is 4. The molecule has 4 atom stereocenters. The topological polar surface area (TPSA) is 110 Å². The molecule has 0 aliphatic carbocycles. The predicted molar refractivity (Wildman–Crippen MR) is 168 cm³/mol. The maximum atomic E-state index is 11.4. The third kappa shape index (κ3) is 20.6. The summed E-state index contributed by atoms with van der Waals surface area (Å²) in [6.07, 6.45) is 25.4. The molecule has 0 heterocycles. The lowest BCUT2D eigenvalue weighted by atomic mass is 9.82. The summed E-state index contributed by atoms with van der Waals surface area (Å²) in [6.45, 7) is 3.65. The fourth-order valence-electron chi connectivity index (χ4n) is 5.74. The molecule has 0 aromatic carbocycles. The molecule has 0 aromatic heterocycles. The van der Waals surface area contributed by atoms with E-state index in [2.05, 4.69) is 13.8 Å². The van der Waals surface area contributed by atoms with E-state index < -0.39 is 37.1 Å². The molecule has 0 radical (unpaired) electrons. The van der Waals surface area contributed by atoms with Crippen LogP contribution in [0.2, 0.25) is 0 Å². The Labute approximate surface area is 248 Å². The van der Waals surface area contributed by atoms with Gasteiger partial charge in [0.15, 0.2) is 0 Å². The van der Waals surface area contributed by atoms with E-state index in [9.17, 15) is 25.5 Å². The number of aliphatic hydroxyl groups is 5. The lowest BCUT2D eigenvalue weighted by Crippen LogP contribution is -2.59. The van der Waals surface area contributed by atoms with Crippen LogP contribution in [0.15, 0.2) is 0 Å². The molecule has 0 aliphatic rings. The Morgan fingerprint density at radius 2 is 0.850 bits per heavy atom. The first-order valence-corrected chi connectivity index (χ1v) is 17.4. The molecule has 242 valence electrons. The highest BCUT2D eigenvalue weighted by molar-refractivity contribution is 4.97. The molecule has 6 nitrogen and oxygen atoms in total. The summed E-state index contributed by atoms with van der Waals surface area (Å²) in [5.41, 5.74) is -1.80. The van der Waals surface area contributed by atoms with Gasteiger partial charge in [0.1, 0.15) is 23.9 Å². The monoisotopic (exact) mass is 575 g/mol. The van der Waals surface area contributed by atoms with Crippen LogP contribution in [0, 0.1) is 0 Å². The minimum Gasteiger partial charge on any atom is -0.394 e. The van der Waals surface area contributed by atoms with Crippen molar-refractivity contribution in [2.24, 2.45) is 0 Å². The summed E-state index contributed by atoms with van der Waals surface area (Å²) < 4.78 is 5.90. The van der Waals surface area contributed by atoms with E-state index in [4.69, 9.17) is 4.74 Å². The Morgan fingerprint density at radius 1 is 0.500 bits per heavy atom. The van der Waals surface area contributed by atoms with Crippen LogP contribution in [-0.4, -0.2) is 69.3 Å². The van der Waals surface area contributed by atoms with Crippen LogP contribution in [-0.2, 0) is 4.74 Å². The van der Waals surface area contributed by atoms with Crippen molar-refractivity contribution in [2.45, 2.75) is 198 Å². The van der Waals surface area contributed by atoms with Crippen molar-refractivity contribution in [3.8, 4) is 0 Å². The van der Waals surface area contributed by atoms with E-state index in [0.717, 1.165) is 38.5 Å². The van der Waals surface area contributed by atoms with E-state index >= 15 is 0 Å². The molecule has 0 bridgehead atoms. The van der Waals surface area contributed by atoms with Crippen molar-refractivity contribution in [2.75, 3.05) is 19.8 Å². The second kappa shape index (κ2) is 28.9. The highest BCUT2D eigenvalue weighted by Gasteiger charge is 2.46. The molecule has 6 heteroatoms. The minimum atomic E-state index is -1.80. The van der Waals surface area contributed by atoms with Crippen LogP contribution < -0.4 is 0 Å². The lowest BCUT2D eigenvalue weighted by molar-refractivity contribution is -0.211. The number of ether oxygens (including phenoxy) is 1. The van der Waals surface area contributed by atoms with E-state index in [1.165, 1.54) is 109 Å². The van der Waals surface area contributed by atoms with Crippen LogP contribution in [0.5, 0.6) is 0 Å². The Hall–Kier alpha value is -0.240. The van der Waals surface area contributed by atoms with Crippen molar-refractivity contribution in [3.63, 3.8) is 0 Å². The molecule has 0 saturated heterocycles. The van der Waals surface area contributed by atoms with E-state index in [-0.39, 0.29) is 6.42 Å². The van der Waals surface area contributed by atoms with Gasteiger partial charge in [-0.3, -0.25) is 0 Å². The Bertz CT molecular complexity index is 505. The average Bonchev–Trinajstić information content (AvgIpc) is 2.97. The average molecular weight is 575 g/mol. The maximum absolute atomic E-state index is 11.4. The Kier molecular flexibility index (Phi) is 28.7. The van der Waals surface area contributed by atoms with Gasteiger partial charge in [-0.2, -0.15) is 0 Å². The summed E-state index contributed by atoms with van der Waals surface area (Å²) in [4.78, 5) is 0. The normalized spacial score (nSPS) is 15.7. The molecule has 0 unspecified atom stereocenters. The third-order valence-corrected chi connectivity index (χ3v) is 8.51. The second-order valence-corrected chi connectivity index (χ2v) is 12.3. The van der Waals surface area contributed by atoms with E-state index in [1.54, 1.807) is 0 Å². The van der Waals surface area contributed by atoms with Gasteiger partial charge in [0.05, 0.1) is 13.2 Å². The van der Waals surface area contributed by atoms with Crippen LogP contribution in [0.1, 0.15) is 174 Å². The first kappa shape index (κ1) is 39.8. The van der Waals surface area contributed by atoms with Gasteiger partial charge in [0.2, 0.25) is 0 Å². The second-order valence-electron chi connectivity index (χ2n) is 12.3. The standard InChI is InChI=1S/C34H70O6/c1-3-5-7-9-11-13-15-17-19-21-23-25-27-34(39,32(38)30-36)33(31(37)29-35)40-28-26-24-22-20-18-16-14-12-10-8-6-4-2/h31-33,35-39H,3-30H2,1-2H3/t31-,32-,33-,34-/m1/s1. The van der Waals surface area contributed by atoms with Gasteiger partial charge >= 0.3 is 0 Å². The Morgan fingerprint density at radius 3 is 1.20 bits per heavy atom. The molecule has 40 heavy (non-hydrogen) atoms. The van der Waals surface area contributed by atoms with Crippen molar-refractivity contribution in [3.05, 3.63) is 0 Å². The highest BCUT2D eigenvalue weighted by Crippen LogP contribution is 2.29. The van der Waals surface area contributed by atoms with Gasteiger partial charge in [-0.1, -0.05) is 162 Å². The molecule has 5 N–H and O–H groups in total. The molecular formula is C34H70O6. The first-order chi connectivity index (χ1) is 19.5. The Balaban J connectivity index is 4.27. The molecule has 0 saturated carbocycles. The highest BCUT2D eigenvalue weighted by atomic mass is 16.5. The van der Waals surface area contributed by atoms with Gasteiger partial charge in [-0.25, -0.2) is 0 Å². The zero-order valence-electron chi connectivity index (χ0n) is 26.7. The van der Waals surface area contributed by atoms with E-state index in [1.807, 2.05) is 0 Å². The van der Waals surface area contributed by atoms with E-state index in [0.29, 0.717) is 13.0 Å². The maximum Gasteiger partial charge on any atom is 0.121 e. The van der Waals surface area contributed by atoms with Gasteiger partial charge in [0.25, 0.3) is 0 Å². The fourth-order valence-corrected chi connectivity index (χ4v) is 5.74. The number of hydrogen-bond donors (Lipinski definition) is 5. The van der Waals surface area contributed by atoms with Crippen molar-refractivity contribution in [1.29, 1.82) is 0 Å². The molecular weight excluding hydrogens is 504 g/mol. The minimum absolute atomic E-state index is 0.215.